The first-order valence-electron chi connectivity index (χ1n) is 7.62. The van der Waals surface area contributed by atoms with E-state index >= 15 is 0 Å². The van der Waals surface area contributed by atoms with Crippen LogP contribution >= 0.6 is 0 Å². The summed E-state index contributed by atoms with van der Waals surface area (Å²) >= 11 is 0. The van der Waals surface area contributed by atoms with Gasteiger partial charge >= 0.3 is 0 Å². The number of hydrazine groups is 1. The number of nitrogens with zero attached hydrogens (tertiary/aromatic N) is 1. The van der Waals surface area contributed by atoms with Gasteiger partial charge in [0.05, 0.1) is 11.9 Å². The Balaban J connectivity index is 1.59. The predicted octanol–water partition coefficient (Wildman–Crippen LogP) is 2.55. The lowest BCUT2D eigenvalue weighted by Gasteiger charge is -2.08. The summed E-state index contributed by atoms with van der Waals surface area (Å²) < 4.78 is 0. The van der Waals surface area contributed by atoms with Crippen LogP contribution < -0.4 is 10.9 Å². The van der Waals surface area contributed by atoms with E-state index in [9.17, 15) is 9.59 Å². The number of hydrogen-bond acceptors (Lipinski definition) is 3. The first kappa shape index (κ1) is 15.7. The predicted molar refractivity (Wildman–Crippen MR) is 92.2 cm³/mol. The highest BCUT2D eigenvalue weighted by Crippen LogP contribution is 2.11. The fraction of sp³-hybridized carbons (Fsp3) is 0.105. The molecule has 2 amide bonds. The number of aromatic nitrogens is 1. The smallest absolute Gasteiger partial charge is 0.273 e. The second-order valence-electron chi connectivity index (χ2n) is 5.55. The Kier molecular flexibility index (Phi) is 4.52. The monoisotopic (exact) mass is 319 g/mol. The van der Waals surface area contributed by atoms with Crippen molar-refractivity contribution in [3.8, 4) is 0 Å². The van der Waals surface area contributed by atoms with Crippen LogP contribution in [-0.4, -0.2) is 16.8 Å². The average molecular weight is 319 g/mol. The van der Waals surface area contributed by atoms with Crippen LogP contribution in [0.5, 0.6) is 0 Å². The maximum Gasteiger partial charge on any atom is 0.288 e. The minimum Gasteiger partial charge on any atom is -0.273 e. The molecule has 2 aromatic carbocycles. The molecule has 1 heterocycles. The summed E-state index contributed by atoms with van der Waals surface area (Å²) in [7, 11) is 0. The van der Waals surface area contributed by atoms with Gasteiger partial charge in [0.2, 0.25) is 5.91 Å². The highest BCUT2D eigenvalue weighted by molar-refractivity contribution is 5.96. The van der Waals surface area contributed by atoms with Crippen molar-refractivity contribution < 1.29 is 9.59 Å². The number of rotatable bonds is 3. The first-order chi connectivity index (χ1) is 11.6. The number of carbonyl (C=O) groups is 2. The lowest BCUT2D eigenvalue weighted by molar-refractivity contribution is -0.121. The molecule has 0 atom stereocenters. The number of nitrogens with one attached hydrogen (secondary N) is 2. The molecule has 1 aromatic heterocycles. The van der Waals surface area contributed by atoms with Crippen molar-refractivity contribution in [3.63, 3.8) is 0 Å². The number of benzene rings is 2. The molecule has 0 spiro atoms. The second-order valence-corrected chi connectivity index (χ2v) is 5.55. The number of carbonyl (C=O) groups excluding carboxylic acids is 2. The Labute approximate surface area is 139 Å². The highest BCUT2D eigenvalue weighted by atomic mass is 16.2. The largest absolute Gasteiger partial charge is 0.288 e. The van der Waals surface area contributed by atoms with Gasteiger partial charge in [-0.15, -0.1) is 0 Å². The molecule has 120 valence electrons. The Morgan fingerprint density at radius 2 is 1.67 bits per heavy atom. The summed E-state index contributed by atoms with van der Waals surface area (Å²) in [6, 6.07) is 18.7. The Hall–Kier alpha value is -3.21. The van der Waals surface area contributed by atoms with Crippen molar-refractivity contribution in [1.82, 2.24) is 15.8 Å². The fourth-order valence-electron chi connectivity index (χ4n) is 2.32. The Morgan fingerprint density at radius 1 is 0.917 bits per heavy atom. The van der Waals surface area contributed by atoms with Crippen molar-refractivity contribution in [2.45, 2.75) is 13.3 Å². The van der Waals surface area contributed by atoms with Crippen LogP contribution in [0.15, 0.2) is 60.7 Å². The van der Waals surface area contributed by atoms with E-state index < -0.39 is 5.91 Å². The second kappa shape index (κ2) is 6.91. The summed E-state index contributed by atoms with van der Waals surface area (Å²) in [5.74, 6) is -0.731. The van der Waals surface area contributed by atoms with E-state index in [2.05, 4.69) is 15.8 Å². The average Bonchev–Trinajstić information content (AvgIpc) is 2.61. The van der Waals surface area contributed by atoms with Gasteiger partial charge in [0.15, 0.2) is 0 Å². The van der Waals surface area contributed by atoms with Gasteiger partial charge in [0, 0.05) is 5.39 Å². The van der Waals surface area contributed by atoms with Crippen molar-refractivity contribution in [3.05, 3.63) is 77.5 Å². The normalized spacial score (nSPS) is 10.4. The molecule has 3 rings (SSSR count). The van der Waals surface area contributed by atoms with Gasteiger partial charge in [0.1, 0.15) is 5.69 Å². The summed E-state index contributed by atoms with van der Waals surface area (Å²) in [4.78, 5) is 28.3. The molecular formula is C19H17N3O2. The van der Waals surface area contributed by atoms with Crippen LogP contribution in [0.4, 0.5) is 0 Å². The van der Waals surface area contributed by atoms with Crippen molar-refractivity contribution >= 4 is 22.7 Å². The standard InChI is InChI=1S/C19H17N3O2/c1-13-6-8-14(9-7-13)12-18(23)21-22-19(24)17-11-10-15-4-2-3-5-16(15)20-17/h2-11H,12H2,1H3,(H,21,23)(H,22,24). The van der Waals surface area contributed by atoms with E-state index in [0.717, 1.165) is 22.0 Å². The maximum absolute atomic E-state index is 12.1. The van der Waals surface area contributed by atoms with Crippen LogP contribution in [0.25, 0.3) is 10.9 Å². The van der Waals surface area contributed by atoms with Crippen LogP contribution in [0.2, 0.25) is 0 Å². The minimum atomic E-state index is -0.446. The van der Waals surface area contributed by atoms with Gasteiger partial charge in [-0.25, -0.2) is 4.98 Å². The van der Waals surface area contributed by atoms with E-state index in [-0.39, 0.29) is 18.0 Å². The lowest BCUT2D eigenvalue weighted by Crippen LogP contribution is -2.42. The molecule has 0 radical (unpaired) electrons. The van der Waals surface area contributed by atoms with Gasteiger partial charge in [-0.05, 0) is 24.6 Å². The Bertz CT molecular complexity index is 889. The van der Waals surface area contributed by atoms with Crippen molar-refractivity contribution in [2.24, 2.45) is 0 Å². The van der Waals surface area contributed by atoms with E-state index in [1.807, 2.05) is 61.5 Å². The quantitative estimate of drug-likeness (QED) is 0.729. The number of aryl methyl sites for hydroxylation is 1. The van der Waals surface area contributed by atoms with Gasteiger partial charge in [0.25, 0.3) is 5.91 Å². The van der Waals surface area contributed by atoms with Gasteiger partial charge in [-0.1, -0.05) is 54.1 Å². The SMILES string of the molecule is Cc1ccc(CC(=O)NNC(=O)c2ccc3ccccc3n2)cc1. The molecule has 0 aliphatic rings. The van der Waals surface area contributed by atoms with Crippen LogP contribution in [0.1, 0.15) is 21.6 Å². The molecule has 5 nitrogen and oxygen atoms in total. The van der Waals surface area contributed by atoms with E-state index in [0.29, 0.717) is 0 Å². The highest BCUT2D eigenvalue weighted by Gasteiger charge is 2.10. The van der Waals surface area contributed by atoms with Crippen molar-refractivity contribution in [1.29, 1.82) is 0 Å². The lowest BCUT2D eigenvalue weighted by atomic mass is 10.1. The molecule has 3 aromatic rings. The molecule has 0 saturated carbocycles. The van der Waals surface area contributed by atoms with Crippen LogP contribution in [0, 0.1) is 6.92 Å². The van der Waals surface area contributed by atoms with Gasteiger partial charge in [-0.2, -0.15) is 0 Å². The number of amides is 2. The molecule has 0 aliphatic carbocycles. The van der Waals surface area contributed by atoms with Crippen LogP contribution in [-0.2, 0) is 11.2 Å². The third-order valence-corrected chi connectivity index (χ3v) is 3.63. The van der Waals surface area contributed by atoms with E-state index in [1.165, 1.54) is 0 Å². The number of fused-ring (bicyclic) bond motifs is 1. The minimum absolute atomic E-state index is 0.200. The van der Waals surface area contributed by atoms with Gasteiger partial charge in [-0.3, -0.25) is 20.4 Å². The molecule has 2 N–H and O–H groups in total. The maximum atomic E-state index is 12.1. The molecule has 0 fully saturated rings. The molecule has 0 saturated heterocycles. The van der Waals surface area contributed by atoms with Crippen LogP contribution in [0.3, 0.4) is 0 Å². The summed E-state index contributed by atoms with van der Waals surface area (Å²) in [6.45, 7) is 1.99. The fourth-order valence-corrected chi connectivity index (χ4v) is 2.32. The molecule has 5 heteroatoms. The third-order valence-electron chi connectivity index (χ3n) is 3.63. The molecule has 0 aliphatic heterocycles. The van der Waals surface area contributed by atoms with E-state index in [1.54, 1.807) is 6.07 Å². The summed E-state index contributed by atoms with van der Waals surface area (Å²) in [5.41, 5.74) is 7.81. The molecular weight excluding hydrogens is 302 g/mol. The summed E-state index contributed by atoms with van der Waals surface area (Å²) in [5, 5.41) is 0.956. The molecule has 0 bridgehead atoms. The first-order valence-corrected chi connectivity index (χ1v) is 7.62. The van der Waals surface area contributed by atoms with Crippen molar-refractivity contribution in [2.75, 3.05) is 0 Å². The zero-order chi connectivity index (χ0) is 16.9. The molecule has 0 unspecified atom stereocenters. The number of para-hydroxylation sites is 1. The zero-order valence-electron chi connectivity index (χ0n) is 13.2. The topological polar surface area (TPSA) is 71.1 Å². The zero-order valence-corrected chi connectivity index (χ0v) is 13.2. The summed E-state index contributed by atoms with van der Waals surface area (Å²) in [6.07, 6.45) is 0.200. The van der Waals surface area contributed by atoms with E-state index in [4.69, 9.17) is 0 Å². The number of hydrogen-bond donors (Lipinski definition) is 2. The number of pyridine rings is 1. The Morgan fingerprint density at radius 3 is 2.46 bits per heavy atom. The third kappa shape index (κ3) is 3.76. The molecule has 24 heavy (non-hydrogen) atoms. The van der Waals surface area contributed by atoms with Gasteiger partial charge < -0.3 is 0 Å².